The van der Waals surface area contributed by atoms with Gasteiger partial charge in [0, 0.05) is 23.2 Å². The maximum atomic E-state index is 4.47. The number of fused-ring (bicyclic) bond motifs is 2. The monoisotopic (exact) mass is 347 g/mol. The molecule has 0 atom stereocenters. The minimum atomic E-state index is 0.943. The highest BCUT2D eigenvalue weighted by atomic mass is 15.1. The molecule has 27 heavy (non-hydrogen) atoms. The van der Waals surface area contributed by atoms with Crippen molar-refractivity contribution in [2.45, 2.75) is 0 Å². The van der Waals surface area contributed by atoms with E-state index in [2.05, 4.69) is 75.9 Å². The van der Waals surface area contributed by atoms with Crippen molar-refractivity contribution in [1.29, 1.82) is 0 Å². The van der Waals surface area contributed by atoms with Crippen molar-refractivity contribution in [3.8, 4) is 11.1 Å². The van der Waals surface area contributed by atoms with Gasteiger partial charge in [-0.1, -0.05) is 54.6 Å². The second kappa shape index (κ2) is 6.54. The van der Waals surface area contributed by atoms with E-state index in [1.54, 1.807) is 0 Å². The Balaban J connectivity index is 1.57. The maximum Gasteiger partial charge on any atom is 0.0927 e. The molecule has 0 amide bonds. The second-order valence-electron chi connectivity index (χ2n) is 6.55. The number of aromatic amines is 1. The molecule has 0 aliphatic carbocycles. The molecule has 1 N–H and O–H groups in total. The Hall–Kier alpha value is -3.72. The number of nitrogens with zero attached hydrogens (tertiary/aromatic N) is 2. The molecule has 2 heterocycles. The summed E-state index contributed by atoms with van der Waals surface area (Å²) in [6, 6.07) is 25.2. The van der Waals surface area contributed by atoms with Gasteiger partial charge in [-0.05, 0) is 52.4 Å². The first-order valence-electron chi connectivity index (χ1n) is 8.92. The van der Waals surface area contributed by atoms with Crippen LogP contribution in [-0.2, 0) is 0 Å². The van der Waals surface area contributed by atoms with Crippen LogP contribution in [0.1, 0.15) is 11.3 Å². The van der Waals surface area contributed by atoms with Crippen LogP contribution in [0.5, 0.6) is 0 Å². The summed E-state index contributed by atoms with van der Waals surface area (Å²) < 4.78 is 0. The van der Waals surface area contributed by atoms with Gasteiger partial charge in [0.05, 0.1) is 11.2 Å². The molecule has 3 aromatic carbocycles. The average Bonchev–Trinajstić information content (AvgIpc) is 3.15. The van der Waals surface area contributed by atoms with Gasteiger partial charge in [-0.15, -0.1) is 0 Å². The van der Waals surface area contributed by atoms with Crippen LogP contribution in [0.15, 0.2) is 85.2 Å². The molecular weight excluding hydrogens is 330 g/mol. The minimum absolute atomic E-state index is 0.943. The van der Waals surface area contributed by atoms with Crippen LogP contribution in [0.4, 0.5) is 0 Å². The third-order valence-electron chi connectivity index (χ3n) is 4.80. The van der Waals surface area contributed by atoms with Crippen LogP contribution in [0, 0.1) is 0 Å². The molecule has 2 aromatic heterocycles. The number of nitrogens with one attached hydrogen (secondary N) is 1. The highest BCUT2D eigenvalue weighted by Gasteiger charge is 2.06. The van der Waals surface area contributed by atoms with E-state index >= 15 is 0 Å². The van der Waals surface area contributed by atoms with E-state index in [-0.39, 0.29) is 0 Å². The molecule has 0 spiro atoms. The van der Waals surface area contributed by atoms with Gasteiger partial charge in [0.15, 0.2) is 0 Å². The van der Waals surface area contributed by atoms with Gasteiger partial charge in [0.1, 0.15) is 0 Å². The van der Waals surface area contributed by atoms with Gasteiger partial charge < -0.3 is 0 Å². The van der Waals surface area contributed by atoms with Gasteiger partial charge in [-0.2, -0.15) is 5.10 Å². The van der Waals surface area contributed by atoms with Crippen molar-refractivity contribution in [2.75, 3.05) is 0 Å². The molecule has 0 unspecified atom stereocenters. The topological polar surface area (TPSA) is 41.6 Å². The number of benzene rings is 3. The lowest BCUT2D eigenvalue weighted by atomic mass is 10.0. The van der Waals surface area contributed by atoms with Gasteiger partial charge in [-0.3, -0.25) is 10.1 Å². The Bertz CT molecular complexity index is 1270. The van der Waals surface area contributed by atoms with E-state index in [9.17, 15) is 0 Å². The third-order valence-corrected chi connectivity index (χ3v) is 4.80. The highest BCUT2D eigenvalue weighted by molar-refractivity contribution is 5.94. The summed E-state index contributed by atoms with van der Waals surface area (Å²) in [5.41, 5.74) is 5.49. The van der Waals surface area contributed by atoms with Crippen LogP contribution < -0.4 is 0 Å². The normalized spacial score (nSPS) is 11.6. The average molecular weight is 347 g/mol. The van der Waals surface area contributed by atoms with Gasteiger partial charge in [0.2, 0.25) is 0 Å². The summed E-state index contributed by atoms with van der Waals surface area (Å²) in [7, 11) is 0. The number of H-pyrrole nitrogens is 1. The van der Waals surface area contributed by atoms with Crippen molar-refractivity contribution >= 4 is 33.8 Å². The van der Waals surface area contributed by atoms with Crippen LogP contribution >= 0.6 is 0 Å². The molecule has 0 aliphatic rings. The van der Waals surface area contributed by atoms with Crippen molar-refractivity contribution in [3.05, 3.63) is 96.4 Å². The molecular formula is C24H17N3. The van der Waals surface area contributed by atoms with E-state index < -0.39 is 0 Å². The van der Waals surface area contributed by atoms with Crippen LogP contribution in [0.2, 0.25) is 0 Å². The molecule has 5 aromatic rings. The number of pyridine rings is 1. The Morgan fingerprint density at radius 2 is 1.59 bits per heavy atom. The van der Waals surface area contributed by atoms with E-state index in [1.807, 2.05) is 36.7 Å². The first-order chi connectivity index (χ1) is 13.4. The third kappa shape index (κ3) is 3.00. The second-order valence-corrected chi connectivity index (χ2v) is 6.55. The van der Waals surface area contributed by atoms with Crippen LogP contribution in [0.25, 0.3) is 45.0 Å². The van der Waals surface area contributed by atoms with Gasteiger partial charge >= 0.3 is 0 Å². The molecule has 128 valence electrons. The number of aromatic nitrogens is 3. The number of hydrogen-bond donors (Lipinski definition) is 1. The van der Waals surface area contributed by atoms with E-state index in [4.69, 9.17) is 0 Å². The molecule has 0 saturated carbocycles. The zero-order chi connectivity index (χ0) is 18.1. The Morgan fingerprint density at radius 1 is 0.741 bits per heavy atom. The van der Waals surface area contributed by atoms with E-state index in [0.717, 1.165) is 27.5 Å². The van der Waals surface area contributed by atoms with Crippen molar-refractivity contribution in [2.24, 2.45) is 0 Å². The standard InChI is InChI=1S/C24H17N3/c1-2-4-17(5-3-1)6-10-23-22-15-20(9-11-24(22)27-26-23)19-8-7-18-12-13-25-16-21(18)14-19/h1-16H,(H,26,27). The van der Waals surface area contributed by atoms with Gasteiger partial charge in [-0.25, -0.2) is 0 Å². The zero-order valence-electron chi connectivity index (χ0n) is 14.6. The van der Waals surface area contributed by atoms with Crippen molar-refractivity contribution < 1.29 is 0 Å². The Morgan fingerprint density at radius 3 is 2.52 bits per heavy atom. The van der Waals surface area contributed by atoms with Crippen LogP contribution in [0.3, 0.4) is 0 Å². The number of hydrogen-bond acceptors (Lipinski definition) is 2. The molecule has 0 bridgehead atoms. The van der Waals surface area contributed by atoms with Crippen LogP contribution in [-0.4, -0.2) is 15.2 Å². The lowest BCUT2D eigenvalue weighted by Gasteiger charge is -2.04. The summed E-state index contributed by atoms with van der Waals surface area (Å²) in [4.78, 5) is 4.23. The van der Waals surface area contributed by atoms with Crippen molar-refractivity contribution in [3.63, 3.8) is 0 Å². The lowest BCUT2D eigenvalue weighted by Crippen LogP contribution is -1.81. The smallest absolute Gasteiger partial charge is 0.0927 e. The van der Waals surface area contributed by atoms with Gasteiger partial charge in [0.25, 0.3) is 0 Å². The summed E-state index contributed by atoms with van der Waals surface area (Å²) >= 11 is 0. The quantitative estimate of drug-likeness (QED) is 0.438. The fourth-order valence-electron chi connectivity index (χ4n) is 3.34. The minimum Gasteiger partial charge on any atom is -0.277 e. The fourth-order valence-corrected chi connectivity index (χ4v) is 3.34. The lowest BCUT2D eigenvalue weighted by molar-refractivity contribution is 1.11. The predicted molar refractivity (Wildman–Crippen MR) is 112 cm³/mol. The predicted octanol–water partition coefficient (Wildman–Crippen LogP) is 5.95. The fraction of sp³-hybridized carbons (Fsp3) is 0. The molecule has 0 radical (unpaired) electrons. The first-order valence-corrected chi connectivity index (χ1v) is 8.92. The molecule has 5 rings (SSSR count). The largest absolute Gasteiger partial charge is 0.277 e. The molecule has 3 heteroatoms. The zero-order valence-corrected chi connectivity index (χ0v) is 14.6. The maximum absolute atomic E-state index is 4.47. The number of rotatable bonds is 3. The SMILES string of the molecule is C(=Cc1n[nH]c2ccc(-c3ccc4ccncc4c3)cc12)c1ccccc1. The summed E-state index contributed by atoms with van der Waals surface area (Å²) in [5, 5.41) is 11.1. The van der Waals surface area contributed by atoms with E-state index in [1.165, 1.54) is 16.5 Å². The molecule has 0 fully saturated rings. The molecule has 0 saturated heterocycles. The summed E-state index contributed by atoms with van der Waals surface area (Å²) in [6.45, 7) is 0. The summed E-state index contributed by atoms with van der Waals surface area (Å²) in [5.74, 6) is 0. The molecule has 3 nitrogen and oxygen atoms in total. The Labute approximate surface area is 157 Å². The first kappa shape index (κ1) is 15.5. The van der Waals surface area contributed by atoms with Crippen molar-refractivity contribution in [1.82, 2.24) is 15.2 Å². The van der Waals surface area contributed by atoms with E-state index in [0.29, 0.717) is 0 Å². The summed E-state index contributed by atoms with van der Waals surface area (Å²) in [6.07, 6.45) is 7.88. The Kier molecular flexibility index (Phi) is 3.76. The molecule has 0 aliphatic heterocycles. The highest BCUT2D eigenvalue weighted by Crippen LogP contribution is 2.28.